The maximum Gasteiger partial charge on any atom is 0.202 e. The first-order chi connectivity index (χ1) is 9.88. The van der Waals surface area contributed by atoms with Gasteiger partial charge in [-0.25, -0.2) is 4.39 Å². The fraction of sp³-hybridized carbons (Fsp3) is 0.235. The summed E-state index contributed by atoms with van der Waals surface area (Å²) < 4.78 is 18.5. The van der Waals surface area contributed by atoms with Crippen LogP contribution in [0.5, 0.6) is 5.75 Å². The summed E-state index contributed by atoms with van der Waals surface area (Å²) in [4.78, 5) is 12.2. The lowest BCUT2D eigenvalue weighted by Crippen LogP contribution is -2.24. The van der Waals surface area contributed by atoms with Crippen molar-refractivity contribution in [3.8, 4) is 5.75 Å². The van der Waals surface area contributed by atoms with Crippen molar-refractivity contribution in [3.05, 3.63) is 63.9 Å². The van der Waals surface area contributed by atoms with E-state index < -0.39 is 6.10 Å². The molecule has 21 heavy (non-hydrogen) atoms. The molecule has 2 nitrogen and oxygen atoms in total. The van der Waals surface area contributed by atoms with Crippen molar-refractivity contribution < 1.29 is 13.9 Å². The third-order valence-corrected chi connectivity index (χ3v) is 3.82. The lowest BCUT2D eigenvalue weighted by Gasteiger charge is -2.15. The second kappa shape index (κ2) is 6.27. The Morgan fingerprint density at radius 1 is 1.14 bits per heavy atom. The van der Waals surface area contributed by atoms with E-state index in [1.165, 1.54) is 24.3 Å². The maximum absolute atomic E-state index is 12.9. The predicted molar refractivity (Wildman–Crippen MR) is 81.7 cm³/mol. The number of carbonyl (C=O) groups excluding carboxylic acids is 1. The molecule has 0 aliphatic heterocycles. The van der Waals surface area contributed by atoms with Crippen LogP contribution in [-0.2, 0) is 0 Å². The first kappa shape index (κ1) is 15.5. The van der Waals surface area contributed by atoms with Crippen molar-refractivity contribution >= 4 is 17.4 Å². The third kappa shape index (κ3) is 3.61. The maximum atomic E-state index is 12.9. The van der Waals surface area contributed by atoms with Crippen LogP contribution in [0.3, 0.4) is 0 Å². The number of rotatable bonds is 4. The molecular formula is C17H16ClFO2. The van der Waals surface area contributed by atoms with Crippen LogP contribution in [-0.4, -0.2) is 11.9 Å². The molecule has 2 rings (SSSR count). The molecule has 110 valence electrons. The van der Waals surface area contributed by atoms with E-state index in [1.807, 2.05) is 13.8 Å². The number of Topliss-reactive ketones (excluding diaryl/α,β-unsaturated/α-hetero) is 1. The summed E-state index contributed by atoms with van der Waals surface area (Å²) in [5.41, 5.74) is 2.22. The molecule has 1 atom stereocenters. The Bertz CT molecular complexity index is 642. The Balaban J connectivity index is 2.16. The molecule has 4 heteroatoms. The van der Waals surface area contributed by atoms with E-state index in [-0.39, 0.29) is 11.6 Å². The van der Waals surface area contributed by atoms with E-state index in [2.05, 4.69) is 0 Å². The van der Waals surface area contributed by atoms with E-state index >= 15 is 0 Å². The fourth-order valence-electron chi connectivity index (χ4n) is 2.08. The summed E-state index contributed by atoms with van der Waals surface area (Å²) in [6.07, 6.45) is -0.657. The topological polar surface area (TPSA) is 26.3 Å². The first-order valence-corrected chi connectivity index (χ1v) is 6.99. The fourth-order valence-corrected chi connectivity index (χ4v) is 2.19. The van der Waals surface area contributed by atoms with Crippen molar-refractivity contribution in [3.63, 3.8) is 0 Å². The normalized spacial score (nSPS) is 12.0. The Labute approximate surface area is 128 Å². The number of hydrogen-bond acceptors (Lipinski definition) is 2. The van der Waals surface area contributed by atoms with Gasteiger partial charge < -0.3 is 4.74 Å². The van der Waals surface area contributed by atoms with Crippen LogP contribution in [0.4, 0.5) is 4.39 Å². The number of aryl methyl sites for hydroxylation is 2. The van der Waals surface area contributed by atoms with Crippen LogP contribution in [0.15, 0.2) is 36.4 Å². The summed E-state index contributed by atoms with van der Waals surface area (Å²) in [7, 11) is 0. The quantitative estimate of drug-likeness (QED) is 0.762. The minimum absolute atomic E-state index is 0.194. The Kier molecular flexibility index (Phi) is 4.63. The number of halogens is 2. The summed E-state index contributed by atoms with van der Waals surface area (Å²) in [6, 6.07) is 9.02. The van der Waals surface area contributed by atoms with Crippen LogP contribution in [0.25, 0.3) is 0 Å². The van der Waals surface area contributed by atoms with Crippen LogP contribution < -0.4 is 4.74 Å². The summed E-state index contributed by atoms with van der Waals surface area (Å²) >= 11 is 6.10. The minimum Gasteiger partial charge on any atom is -0.483 e. The van der Waals surface area contributed by atoms with Crippen molar-refractivity contribution in [2.24, 2.45) is 0 Å². The zero-order valence-corrected chi connectivity index (χ0v) is 12.9. The summed E-state index contributed by atoms with van der Waals surface area (Å²) in [5.74, 6) is 0.0293. The molecule has 0 saturated heterocycles. The van der Waals surface area contributed by atoms with Crippen molar-refractivity contribution in [2.75, 3.05) is 0 Å². The van der Waals surface area contributed by atoms with Crippen LogP contribution in [0, 0.1) is 19.7 Å². The highest BCUT2D eigenvalue weighted by Crippen LogP contribution is 2.26. The molecule has 0 aliphatic carbocycles. The molecule has 0 amide bonds. The highest BCUT2D eigenvalue weighted by Gasteiger charge is 2.17. The largest absolute Gasteiger partial charge is 0.483 e. The van der Waals surface area contributed by atoms with E-state index in [1.54, 1.807) is 19.1 Å². The van der Waals surface area contributed by atoms with E-state index in [9.17, 15) is 9.18 Å². The lowest BCUT2D eigenvalue weighted by atomic mass is 10.1. The highest BCUT2D eigenvalue weighted by atomic mass is 35.5. The van der Waals surface area contributed by atoms with Crippen molar-refractivity contribution in [2.45, 2.75) is 26.9 Å². The standard InChI is InChI=1S/C17H16ClFO2/c1-10-8-15(9-11(2)16(10)18)21-12(3)17(20)13-4-6-14(19)7-5-13/h4-9,12H,1-3H3. The van der Waals surface area contributed by atoms with E-state index in [0.29, 0.717) is 16.3 Å². The molecule has 0 radical (unpaired) electrons. The Morgan fingerprint density at radius 3 is 2.19 bits per heavy atom. The van der Waals surface area contributed by atoms with Gasteiger partial charge in [0.1, 0.15) is 11.6 Å². The average Bonchev–Trinajstić information content (AvgIpc) is 2.44. The van der Waals surface area contributed by atoms with Gasteiger partial charge in [-0.2, -0.15) is 0 Å². The monoisotopic (exact) mass is 306 g/mol. The molecule has 0 fully saturated rings. The van der Waals surface area contributed by atoms with Gasteiger partial charge in [-0.3, -0.25) is 4.79 Å². The minimum atomic E-state index is -0.657. The van der Waals surface area contributed by atoms with Crippen molar-refractivity contribution in [1.29, 1.82) is 0 Å². The molecule has 0 aliphatic rings. The molecule has 0 bridgehead atoms. The molecule has 0 spiro atoms. The third-order valence-electron chi connectivity index (χ3n) is 3.22. The van der Waals surface area contributed by atoms with Crippen LogP contribution in [0.1, 0.15) is 28.4 Å². The average molecular weight is 307 g/mol. The summed E-state index contributed by atoms with van der Waals surface area (Å²) in [6.45, 7) is 5.44. The smallest absolute Gasteiger partial charge is 0.202 e. The zero-order chi connectivity index (χ0) is 15.6. The Morgan fingerprint density at radius 2 is 1.67 bits per heavy atom. The number of benzene rings is 2. The Hall–Kier alpha value is -1.87. The van der Waals surface area contributed by atoms with Crippen LogP contribution >= 0.6 is 11.6 Å². The highest BCUT2D eigenvalue weighted by molar-refractivity contribution is 6.32. The van der Waals surface area contributed by atoms with E-state index in [4.69, 9.17) is 16.3 Å². The van der Waals surface area contributed by atoms with Gasteiger partial charge in [0.05, 0.1) is 0 Å². The number of ether oxygens (including phenoxy) is 1. The lowest BCUT2D eigenvalue weighted by molar-refractivity contribution is 0.0818. The molecule has 2 aromatic carbocycles. The second-order valence-electron chi connectivity index (χ2n) is 5.00. The van der Waals surface area contributed by atoms with Gasteiger partial charge in [0, 0.05) is 10.6 Å². The molecule has 0 aromatic heterocycles. The molecule has 0 saturated carbocycles. The molecule has 1 unspecified atom stereocenters. The van der Waals surface area contributed by atoms with Gasteiger partial charge in [-0.05, 0) is 68.3 Å². The molecular weight excluding hydrogens is 291 g/mol. The number of carbonyl (C=O) groups is 1. The van der Waals surface area contributed by atoms with E-state index in [0.717, 1.165) is 11.1 Å². The molecule has 0 N–H and O–H groups in total. The number of hydrogen-bond donors (Lipinski definition) is 0. The van der Waals surface area contributed by atoms with Gasteiger partial charge >= 0.3 is 0 Å². The van der Waals surface area contributed by atoms with Gasteiger partial charge in [0.25, 0.3) is 0 Å². The van der Waals surface area contributed by atoms with Gasteiger partial charge in [0.2, 0.25) is 5.78 Å². The van der Waals surface area contributed by atoms with Gasteiger partial charge in [-0.15, -0.1) is 0 Å². The molecule has 0 heterocycles. The number of ketones is 1. The summed E-state index contributed by atoms with van der Waals surface area (Å²) in [5, 5.41) is 0.694. The molecule has 2 aromatic rings. The first-order valence-electron chi connectivity index (χ1n) is 6.61. The van der Waals surface area contributed by atoms with Crippen molar-refractivity contribution in [1.82, 2.24) is 0 Å². The van der Waals surface area contributed by atoms with Crippen LogP contribution in [0.2, 0.25) is 5.02 Å². The predicted octanol–water partition coefficient (Wildman–Crippen LogP) is 4.75. The second-order valence-corrected chi connectivity index (χ2v) is 5.38. The van der Waals surface area contributed by atoms with Gasteiger partial charge in [-0.1, -0.05) is 11.6 Å². The van der Waals surface area contributed by atoms with Gasteiger partial charge in [0.15, 0.2) is 6.10 Å². The zero-order valence-electron chi connectivity index (χ0n) is 12.1. The SMILES string of the molecule is Cc1cc(OC(C)C(=O)c2ccc(F)cc2)cc(C)c1Cl.